The Bertz CT molecular complexity index is 4680. The summed E-state index contributed by atoms with van der Waals surface area (Å²) in [7, 11) is 0. The average molecular weight is 1340 g/mol. The van der Waals surface area contributed by atoms with E-state index < -0.39 is 40.9 Å². The number of hydrogen-bond acceptors (Lipinski definition) is 19. The summed E-state index contributed by atoms with van der Waals surface area (Å²) in [5, 5.41) is 43.5. The van der Waals surface area contributed by atoms with Gasteiger partial charge in [-0.1, -0.05) is 185 Å². The van der Waals surface area contributed by atoms with Gasteiger partial charge in [0.15, 0.2) is 34.5 Å². The van der Waals surface area contributed by atoms with E-state index in [1.807, 2.05) is 60.7 Å². The zero-order valence-corrected chi connectivity index (χ0v) is 55.1. The summed E-state index contributed by atoms with van der Waals surface area (Å²) in [6.07, 6.45) is -3.25. The van der Waals surface area contributed by atoms with Gasteiger partial charge in [0.05, 0.1) is 5.56 Å². The lowest BCUT2D eigenvalue weighted by Crippen LogP contribution is -2.27. The van der Waals surface area contributed by atoms with Gasteiger partial charge in [-0.05, 0) is 140 Å². The van der Waals surface area contributed by atoms with Gasteiger partial charge in [-0.2, -0.15) is 21.0 Å². The minimum atomic E-state index is -1.08. The van der Waals surface area contributed by atoms with Gasteiger partial charge in [-0.3, -0.25) is 0 Å². The van der Waals surface area contributed by atoms with Crippen LogP contribution in [0.15, 0.2) is 218 Å². The standard InChI is InChI=1S/C82H62N4O15/c1-80(2)50-82(64-40-73(95-67-31-18-34-70(59(67)43-84)99-77(88)92-47-53-23-11-6-12-24-53)57(38-62(64)80)37-56-29-17-30-66(58(56)42-83)98-76(87)91-46-52-21-9-5-10-22-52)51-81(3,4)63-39-74(96-68-32-19-35-71(60(68)44-85)100-78(89)93-48-54-25-13-7-14-26-54)75(41-65(63)82)97-69-33-20-36-72(61(69)45-86)101-79(90)94-49-55-27-15-8-16-28-55/h5-36,38-41H,37,46-51H2,1-4H3. The maximum absolute atomic E-state index is 13.3. The van der Waals surface area contributed by atoms with Crippen molar-refractivity contribution in [2.24, 2.45) is 0 Å². The molecule has 0 aliphatic heterocycles. The Balaban J connectivity index is 0.967. The van der Waals surface area contributed by atoms with Crippen molar-refractivity contribution < 1.29 is 71.3 Å². The van der Waals surface area contributed by atoms with Gasteiger partial charge in [-0.25, -0.2) is 19.2 Å². The van der Waals surface area contributed by atoms with Crippen LogP contribution in [-0.2, 0) is 68.0 Å². The number of carbonyl (C=O) groups excluding carboxylic acids is 4. The van der Waals surface area contributed by atoms with Crippen LogP contribution in [0, 0.1) is 45.3 Å². The Morgan fingerprint density at radius 2 is 0.604 bits per heavy atom. The van der Waals surface area contributed by atoms with Gasteiger partial charge < -0.3 is 52.1 Å². The zero-order chi connectivity index (χ0) is 70.7. The van der Waals surface area contributed by atoms with E-state index in [2.05, 4.69) is 52.0 Å². The van der Waals surface area contributed by atoms with Crippen LogP contribution in [-0.4, -0.2) is 24.6 Å². The van der Waals surface area contributed by atoms with E-state index in [4.69, 9.17) is 52.1 Å². The number of benzene rings is 10. The Morgan fingerprint density at radius 1 is 0.317 bits per heavy atom. The highest BCUT2D eigenvalue weighted by atomic mass is 16.7. The number of hydrogen-bond donors (Lipinski definition) is 0. The summed E-state index contributed by atoms with van der Waals surface area (Å²) >= 11 is 0. The van der Waals surface area contributed by atoms with Gasteiger partial charge in [-0.15, -0.1) is 0 Å². The first-order valence-corrected chi connectivity index (χ1v) is 32.0. The Labute approximate surface area is 581 Å². The van der Waals surface area contributed by atoms with E-state index in [9.17, 15) is 40.2 Å². The Kier molecular flexibility index (Phi) is 19.8. The third-order valence-corrected chi connectivity index (χ3v) is 17.4. The average Bonchev–Trinajstić information content (AvgIpc) is 1.52. The fraction of sp³-hybridized carbons (Fsp3) is 0.171. The first kappa shape index (κ1) is 67.6. The quantitative estimate of drug-likeness (QED) is 0.0390. The number of carbonyl (C=O) groups is 4. The second kappa shape index (κ2) is 29.6. The molecular formula is C82H62N4O15. The lowest BCUT2D eigenvalue weighted by Gasteiger charge is -2.31. The van der Waals surface area contributed by atoms with Crippen LogP contribution in [0.2, 0.25) is 0 Å². The first-order valence-electron chi connectivity index (χ1n) is 32.0. The Morgan fingerprint density at radius 3 is 0.950 bits per heavy atom. The number of nitrogens with zero attached hydrogens (tertiary/aromatic N) is 4. The summed E-state index contributed by atoms with van der Waals surface area (Å²) in [4.78, 5) is 53.0. The minimum Gasteiger partial charge on any atom is -0.456 e. The van der Waals surface area contributed by atoms with Crippen LogP contribution < -0.4 is 33.2 Å². The largest absolute Gasteiger partial charge is 0.514 e. The smallest absolute Gasteiger partial charge is 0.456 e. The van der Waals surface area contributed by atoms with Gasteiger partial charge in [0, 0.05) is 11.8 Å². The highest BCUT2D eigenvalue weighted by molar-refractivity contribution is 5.72. The molecule has 19 nitrogen and oxygen atoms in total. The van der Waals surface area contributed by atoms with E-state index in [1.165, 1.54) is 42.5 Å². The van der Waals surface area contributed by atoms with Crippen molar-refractivity contribution in [2.45, 2.75) is 89.6 Å². The van der Waals surface area contributed by atoms with Crippen molar-refractivity contribution >= 4 is 24.6 Å². The second-order valence-corrected chi connectivity index (χ2v) is 25.2. The van der Waals surface area contributed by atoms with Crippen molar-refractivity contribution in [3.05, 3.63) is 296 Å². The van der Waals surface area contributed by atoms with Crippen molar-refractivity contribution in [2.75, 3.05) is 0 Å². The SMILES string of the molecule is CC1(C)CC2(CC(C)(C)c3cc(Oc4cccc(OC(=O)OCc5ccccc5)c4C#N)c(Oc4cccc(OC(=O)OCc5ccccc5)c4C#N)cc32)c2cc(Oc3cccc(OC(=O)OCc4ccccc4)c3C#N)c(Cc3cccc(OC(=O)OCc4ccccc4)c3C#N)cc21. The molecule has 19 heteroatoms. The number of fused-ring (bicyclic) bond motifs is 4. The summed E-state index contributed by atoms with van der Waals surface area (Å²) in [5.74, 6) is -0.224. The third-order valence-electron chi connectivity index (χ3n) is 17.4. The topological polar surface area (TPSA) is 265 Å². The van der Waals surface area contributed by atoms with Crippen molar-refractivity contribution in [3.63, 3.8) is 0 Å². The molecule has 2 aliphatic rings. The van der Waals surface area contributed by atoms with E-state index >= 15 is 0 Å². The molecule has 0 aromatic heterocycles. The Hall–Kier alpha value is -13.4. The van der Waals surface area contributed by atoms with E-state index in [-0.39, 0.29) is 113 Å². The van der Waals surface area contributed by atoms with Crippen LogP contribution >= 0.6 is 0 Å². The molecule has 12 rings (SSSR count). The molecule has 10 aromatic carbocycles. The molecule has 1 atom stereocenters. The molecule has 0 radical (unpaired) electrons. The molecule has 0 heterocycles. The van der Waals surface area contributed by atoms with E-state index in [0.29, 0.717) is 40.7 Å². The maximum Gasteiger partial charge on any atom is 0.514 e. The predicted molar refractivity (Wildman–Crippen MR) is 366 cm³/mol. The summed E-state index contributed by atoms with van der Waals surface area (Å²) in [6, 6.07) is 70.7. The van der Waals surface area contributed by atoms with Gasteiger partial charge in [0.1, 0.15) is 90.4 Å². The highest BCUT2D eigenvalue weighted by Gasteiger charge is 2.57. The lowest BCUT2D eigenvalue weighted by molar-refractivity contribution is 0.0916. The molecule has 101 heavy (non-hydrogen) atoms. The third kappa shape index (κ3) is 15.1. The van der Waals surface area contributed by atoms with Crippen molar-refractivity contribution in [3.8, 4) is 81.8 Å². The van der Waals surface area contributed by atoms with E-state index in [1.54, 1.807) is 115 Å². The van der Waals surface area contributed by atoms with Gasteiger partial charge >= 0.3 is 24.6 Å². The molecule has 0 saturated heterocycles. The maximum atomic E-state index is 13.3. The molecule has 500 valence electrons. The fourth-order valence-electron chi connectivity index (χ4n) is 13.0. The second-order valence-electron chi connectivity index (χ2n) is 25.2. The van der Waals surface area contributed by atoms with Gasteiger partial charge in [0.25, 0.3) is 0 Å². The molecule has 0 amide bonds. The molecule has 2 aliphatic carbocycles. The minimum absolute atomic E-state index is 0.0102. The van der Waals surface area contributed by atoms with Crippen LogP contribution in [0.4, 0.5) is 19.2 Å². The fourth-order valence-corrected chi connectivity index (χ4v) is 13.0. The number of rotatable bonds is 20. The summed E-state index contributed by atoms with van der Waals surface area (Å²) < 4.78 is 65.1. The van der Waals surface area contributed by atoms with Crippen molar-refractivity contribution in [1.82, 2.24) is 0 Å². The van der Waals surface area contributed by atoms with E-state index in [0.717, 1.165) is 27.8 Å². The molecule has 1 spiro atoms. The summed E-state index contributed by atoms with van der Waals surface area (Å²) in [5.41, 5.74) is 4.52. The highest BCUT2D eigenvalue weighted by Crippen LogP contribution is 2.65. The molecular weight excluding hydrogens is 1280 g/mol. The van der Waals surface area contributed by atoms with Gasteiger partial charge in [0.2, 0.25) is 0 Å². The van der Waals surface area contributed by atoms with Crippen LogP contribution in [0.25, 0.3) is 0 Å². The number of nitriles is 4. The molecule has 10 aromatic rings. The predicted octanol–water partition coefficient (Wildman–Crippen LogP) is 18.7. The normalized spacial score (nSPS) is 14.0. The molecule has 0 fully saturated rings. The summed E-state index contributed by atoms with van der Waals surface area (Å²) in [6.45, 7) is 8.06. The number of ether oxygens (including phenoxy) is 11. The molecule has 0 N–H and O–H groups in total. The van der Waals surface area contributed by atoms with Crippen molar-refractivity contribution in [1.29, 1.82) is 21.0 Å². The van der Waals surface area contributed by atoms with Crippen LogP contribution in [0.3, 0.4) is 0 Å². The zero-order valence-electron chi connectivity index (χ0n) is 55.1. The van der Waals surface area contributed by atoms with Crippen LogP contribution in [0.5, 0.6) is 57.5 Å². The molecule has 0 bridgehead atoms. The molecule has 1 unspecified atom stereocenters. The monoisotopic (exact) mass is 1340 g/mol. The van der Waals surface area contributed by atoms with Crippen LogP contribution in [0.1, 0.15) is 118 Å². The molecule has 0 saturated carbocycles. The first-order chi connectivity index (χ1) is 48.9. The lowest BCUT2D eigenvalue weighted by atomic mass is 9.72.